The lowest BCUT2D eigenvalue weighted by atomic mass is 10.1. The summed E-state index contributed by atoms with van der Waals surface area (Å²) < 4.78 is 19.8. The number of nitrogens with zero attached hydrogens (tertiary/aromatic N) is 4. The summed E-state index contributed by atoms with van der Waals surface area (Å²) in [5.41, 5.74) is 1.41. The number of anilines is 1. The van der Waals surface area contributed by atoms with Crippen molar-refractivity contribution in [3.63, 3.8) is 0 Å². The third-order valence-corrected chi connectivity index (χ3v) is 4.62. The Labute approximate surface area is 135 Å². The molecule has 0 unspecified atom stereocenters. The number of halogens is 1. The molecule has 0 radical (unpaired) electrons. The van der Waals surface area contributed by atoms with Crippen molar-refractivity contribution < 1.29 is 9.13 Å². The van der Waals surface area contributed by atoms with Gasteiger partial charge < -0.3 is 9.64 Å². The molecule has 2 aromatic rings. The Morgan fingerprint density at radius 2 is 1.87 bits per heavy atom. The number of hydrogen-bond acceptors (Lipinski definition) is 5. The van der Waals surface area contributed by atoms with E-state index in [4.69, 9.17) is 4.74 Å². The van der Waals surface area contributed by atoms with Crippen LogP contribution in [0.25, 0.3) is 10.9 Å². The maximum absolute atomic E-state index is 14.4. The second-order valence-corrected chi connectivity index (χ2v) is 6.26. The summed E-state index contributed by atoms with van der Waals surface area (Å²) in [6.45, 7) is 5.72. The van der Waals surface area contributed by atoms with Crippen molar-refractivity contribution in [3.05, 3.63) is 29.7 Å². The van der Waals surface area contributed by atoms with E-state index in [0.29, 0.717) is 31.2 Å². The van der Waals surface area contributed by atoms with Crippen molar-refractivity contribution in [2.45, 2.75) is 19.4 Å². The van der Waals surface area contributed by atoms with Gasteiger partial charge in [-0.3, -0.25) is 4.90 Å². The smallest absolute Gasteiger partial charge is 0.226 e. The molecular formula is C17H21FN4O. The third-order valence-electron chi connectivity index (χ3n) is 4.62. The van der Waals surface area contributed by atoms with E-state index in [1.165, 1.54) is 12.8 Å². The predicted molar refractivity (Wildman–Crippen MR) is 87.0 cm³/mol. The van der Waals surface area contributed by atoms with E-state index in [2.05, 4.69) is 19.8 Å². The molecule has 0 bridgehead atoms. The molecule has 5 nitrogen and oxygen atoms in total. The molecule has 0 saturated carbocycles. The second-order valence-electron chi connectivity index (χ2n) is 6.26. The summed E-state index contributed by atoms with van der Waals surface area (Å²) >= 11 is 0. The van der Waals surface area contributed by atoms with Crippen molar-refractivity contribution in [3.8, 4) is 0 Å². The molecule has 0 spiro atoms. The normalized spacial score (nSPS) is 19.6. The largest absolute Gasteiger partial charge is 0.378 e. The summed E-state index contributed by atoms with van der Waals surface area (Å²) in [6.07, 6.45) is 4.22. The molecule has 0 atom stereocenters. The number of rotatable bonds is 3. The zero-order valence-corrected chi connectivity index (χ0v) is 13.2. The number of likely N-dealkylation sites (tertiary alicyclic amines) is 1. The fraction of sp³-hybridized carbons (Fsp3) is 0.529. The van der Waals surface area contributed by atoms with Crippen LogP contribution in [0, 0.1) is 5.82 Å². The molecule has 2 aliphatic rings. The topological polar surface area (TPSA) is 41.5 Å². The van der Waals surface area contributed by atoms with Gasteiger partial charge in [0.1, 0.15) is 5.82 Å². The highest BCUT2D eigenvalue weighted by Crippen LogP contribution is 2.22. The Bertz CT molecular complexity index is 696. The van der Waals surface area contributed by atoms with Crippen molar-refractivity contribution in [1.82, 2.24) is 14.9 Å². The molecule has 3 heterocycles. The Hall–Kier alpha value is -1.79. The zero-order chi connectivity index (χ0) is 15.6. The lowest BCUT2D eigenvalue weighted by molar-refractivity contribution is 0.122. The van der Waals surface area contributed by atoms with Gasteiger partial charge in [-0.1, -0.05) is 0 Å². The maximum atomic E-state index is 14.4. The lowest BCUT2D eigenvalue weighted by Gasteiger charge is -2.26. The average Bonchev–Trinajstić information content (AvgIpc) is 3.09. The first-order chi connectivity index (χ1) is 11.3. The van der Waals surface area contributed by atoms with Gasteiger partial charge in [0.2, 0.25) is 5.95 Å². The molecule has 2 fully saturated rings. The Morgan fingerprint density at radius 3 is 2.65 bits per heavy atom. The SMILES string of the molecule is Fc1cc2nc(N3CCOCC3)ncc2cc1CN1CCCC1. The van der Waals surface area contributed by atoms with Crippen LogP contribution >= 0.6 is 0 Å². The summed E-state index contributed by atoms with van der Waals surface area (Å²) in [7, 11) is 0. The van der Waals surface area contributed by atoms with Crippen LogP contribution in [0.15, 0.2) is 18.3 Å². The highest BCUT2D eigenvalue weighted by Gasteiger charge is 2.17. The van der Waals surface area contributed by atoms with Crippen molar-refractivity contribution in [2.75, 3.05) is 44.3 Å². The number of benzene rings is 1. The van der Waals surface area contributed by atoms with Crippen molar-refractivity contribution in [1.29, 1.82) is 0 Å². The van der Waals surface area contributed by atoms with Crippen LogP contribution < -0.4 is 4.90 Å². The van der Waals surface area contributed by atoms with Gasteiger partial charge in [0.25, 0.3) is 0 Å². The minimum atomic E-state index is -0.170. The minimum absolute atomic E-state index is 0.170. The quantitative estimate of drug-likeness (QED) is 0.868. The third kappa shape index (κ3) is 3.14. The number of aromatic nitrogens is 2. The average molecular weight is 316 g/mol. The number of hydrogen-bond donors (Lipinski definition) is 0. The Morgan fingerprint density at radius 1 is 1.09 bits per heavy atom. The van der Waals surface area contributed by atoms with Crippen LogP contribution in [-0.2, 0) is 11.3 Å². The standard InChI is InChI=1S/C17H21FN4O/c18-15-10-16-13(9-14(15)12-21-3-1-2-4-21)11-19-17(20-16)22-5-7-23-8-6-22/h9-11H,1-8,12H2. The number of fused-ring (bicyclic) bond motifs is 1. The van der Waals surface area contributed by atoms with Crippen molar-refractivity contribution >= 4 is 16.9 Å². The molecule has 0 N–H and O–H groups in total. The van der Waals surface area contributed by atoms with E-state index in [0.717, 1.165) is 37.1 Å². The molecule has 23 heavy (non-hydrogen) atoms. The molecule has 122 valence electrons. The number of ether oxygens (including phenoxy) is 1. The fourth-order valence-corrected chi connectivity index (χ4v) is 3.31. The van der Waals surface area contributed by atoms with E-state index in [-0.39, 0.29) is 5.82 Å². The van der Waals surface area contributed by atoms with Gasteiger partial charge in [-0.2, -0.15) is 0 Å². The van der Waals surface area contributed by atoms with Gasteiger partial charge in [-0.05, 0) is 32.0 Å². The number of morpholine rings is 1. The van der Waals surface area contributed by atoms with Gasteiger partial charge in [0.15, 0.2) is 0 Å². The van der Waals surface area contributed by atoms with Crippen LogP contribution in [-0.4, -0.2) is 54.3 Å². The first kappa shape index (κ1) is 14.8. The predicted octanol–water partition coefficient (Wildman–Crippen LogP) is 2.20. The maximum Gasteiger partial charge on any atom is 0.226 e. The molecule has 4 rings (SSSR count). The van der Waals surface area contributed by atoms with Gasteiger partial charge in [0, 0.05) is 42.8 Å². The highest BCUT2D eigenvalue weighted by molar-refractivity contribution is 5.79. The van der Waals surface area contributed by atoms with Crippen LogP contribution in [0.3, 0.4) is 0 Å². The molecule has 1 aromatic carbocycles. The monoisotopic (exact) mass is 316 g/mol. The minimum Gasteiger partial charge on any atom is -0.378 e. The van der Waals surface area contributed by atoms with E-state index in [9.17, 15) is 4.39 Å². The second kappa shape index (κ2) is 6.37. The van der Waals surface area contributed by atoms with E-state index in [1.54, 1.807) is 12.3 Å². The Balaban J connectivity index is 1.61. The van der Waals surface area contributed by atoms with E-state index >= 15 is 0 Å². The van der Waals surface area contributed by atoms with Gasteiger partial charge in [-0.15, -0.1) is 0 Å². The molecule has 1 aromatic heterocycles. The highest BCUT2D eigenvalue weighted by atomic mass is 19.1. The van der Waals surface area contributed by atoms with E-state index in [1.807, 2.05) is 6.07 Å². The van der Waals surface area contributed by atoms with Crippen LogP contribution in [0.5, 0.6) is 0 Å². The van der Waals surface area contributed by atoms with Crippen LogP contribution in [0.2, 0.25) is 0 Å². The first-order valence-electron chi connectivity index (χ1n) is 8.30. The molecule has 2 aliphatic heterocycles. The molecule has 6 heteroatoms. The van der Waals surface area contributed by atoms with Gasteiger partial charge in [-0.25, -0.2) is 14.4 Å². The van der Waals surface area contributed by atoms with Gasteiger partial charge in [0.05, 0.1) is 18.7 Å². The summed E-state index contributed by atoms with van der Waals surface area (Å²) in [6, 6.07) is 3.44. The summed E-state index contributed by atoms with van der Waals surface area (Å²) in [4.78, 5) is 13.4. The summed E-state index contributed by atoms with van der Waals surface area (Å²) in [5, 5.41) is 0.901. The van der Waals surface area contributed by atoms with Crippen LogP contribution in [0.1, 0.15) is 18.4 Å². The Kier molecular flexibility index (Phi) is 4.10. The van der Waals surface area contributed by atoms with Crippen molar-refractivity contribution in [2.24, 2.45) is 0 Å². The summed E-state index contributed by atoms with van der Waals surface area (Å²) in [5.74, 6) is 0.489. The molecular weight excluding hydrogens is 295 g/mol. The fourth-order valence-electron chi connectivity index (χ4n) is 3.31. The molecule has 0 amide bonds. The molecule has 2 saturated heterocycles. The molecule has 0 aliphatic carbocycles. The van der Waals surface area contributed by atoms with Crippen LogP contribution in [0.4, 0.5) is 10.3 Å². The van der Waals surface area contributed by atoms with Gasteiger partial charge >= 0.3 is 0 Å². The lowest BCUT2D eigenvalue weighted by Crippen LogP contribution is -2.37. The van der Waals surface area contributed by atoms with E-state index < -0.39 is 0 Å². The first-order valence-corrected chi connectivity index (χ1v) is 8.30. The zero-order valence-electron chi connectivity index (χ0n) is 13.2.